The molecule has 0 bridgehead atoms. The second kappa shape index (κ2) is 7.07. The highest BCUT2D eigenvalue weighted by Crippen LogP contribution is 2.35. The van der Waals surface area contributed by atoms with Gasteiger partial charge in [-0.25, -0.2) is 0 Å². The van der Waals surface area contributed by atoms with Gasteiger partial charge in [0, 0.05) is 17.5 Å². The maximum atomic E-state index is 6.52. The number of rotatable bonds is 5. The Bertz CT molecular complexity index is 385. The number of ether oxygens (including phenoxy) is 1. The van der Waals surface area contributed by atoms with E-state index < -0.39 is 0 Å². The van der Waals surface area contributed by atoms with Crippen LogP contribution in [0.15, 0.2) is 12.1 Å². The molecule has 2 rings (SSSR count). The van der Waals surface area contributed by atoms with Gasteiger partial charge in [0.1, 0.15) is 0 Å². The van der Waals surface area contributed by atoms with Crippen molar-refractivity contribution < 1.29 is 4.74 Å². The first kappa shape index (κ1) is 15.3. The summed E-state index contributed by atoms with van der Waals surface area (Å²) in [6.45, 7) is 2.82. The fraction of sp³-hybridized carbons (Fsp3) is 0.733. The molecule has 19 heavy (non-hydrogen) atoms. The lowest BCUT2D eigenvalue weighted by atomic mass is 9.84. The van der Waals surface area contributed by atoms with Crippen LogP contribution in [-0.2, 0) is 11.2 Å². The van der Waals surface area contributed by atoms with Crippen molar-refractivity contribution in [2.45, 2.75) is 63.5 Å². The lowest BCUT2D eigenvalue weighted by molar-refractivity contribution is -0.0681. The van der Waals surface area contributed by atoms with Crippen molar-refractivity contribution in [3.05, 3.63) is 21.3 Å². The normalized spacial score (nSPS) is 21.0. The smallest absolute Gasteiger partial charge is 0.0931 e. The van der Waals surface area contributed by atoms with Crippen molar-refractivity contribution in [1.29, 1.82) is 0 Å². The van der Waals surface area contributed by atoms with Crippen molar-refractivity contribution in [3.63, 3.8) is 0 Å². The Morgan fingerprint density at radius 3 is 2.53 bits per heavy atom. The largest absolute Gasteiger partial charge is 0.374 e. The third-order valence-electron chi connectivity index (χ3n) is 4.11. The summed E-state index contributed by atoms with van der Waals surface area (Å²) in [5.74, 6) is 0. The summed E-state index contributed by atoms with van der Waals surface area (Å²) < 4.78 is 6.98. The van der Waals surface area contributed by atoms with Crippen LogP contribution >= 0.6 is 22.9 Å². The second-order valence-electron chi connectivity index (χ2n) is 5.43. The molecule has 1 aliphatic carbocycles. The summed E-state index contributed by atoms with van der Waals surface area (Å²) in [7, 11) is 0. The third kappa shape index (κ3) is 3.94. The van der Waals surface area contributed by atoms with E-state index in [0.717, 1.165) is 30.2 Å². The van der Waals surface area contributed by atoms with Crippen molar-refractivity contribution in [3.8, 4) is 0 Å². The number of halogens is 1. The SMILES string of the molecule is CCOC1(C(N)Cc2ccc(Cl)s2)CCCCCC1. The maximum Gasteiger partial charge on any atom is 0.0931 e. The minimum absolute atomic E-state index is 0.0697. The minimum atomic E-state index is -0.123. The van der Waals surface area contributed by atoms with Crippen molar-refractivity contribution in [1.82, 2.24) is 0 Å². The van der Waals surface area contributed by atoms with Gasteiger partial charge in [0.15, 0.2) is 0 Å². The van der Waals surface area contributed by atoms with E-state index in [2.05, 4.69) is 13.0 Å². The maximum absolute atomic E-state index is 6.52. The lowest BCUT2D eigenvalue weighted by Gasteiger charge is -2.38. The molecule has 1 fully saturated rings. The van der Waals surface area contributed by atoms with E-state index in [1.54, 1.807) is 11.3 Å². The second-order valence-corrected chi connectivity index (χ2v) is 7.23. The van der Waals surface area contributed by atoms with E-state index in [9.17, 15) is 0 Å². The average molecular weight is 302 g/mol. The predicted molar refractivity (Wildman–Crippen MR) is 83.1 cm³/mol. The van der Waals surface area contributed by atoms with Crippen molar-refractivity contribution in [2.24, 2.45) is 5.73 Å². The molecule has 1 unspecified atom stereocenters. The molecule has 1 aliphatic rings. The summed E-state index contributed by atoms with van der Waals surface area (Å²) in [5, 5.41) is 0. The Labute approximate surface area is 125 Å². The van der Waals surface area contributed by atoms with Crippen LogP contribution in [0, 0.1) is 0 Å². The van der Waals surface area contributed by atoms with E-state index in [0.29, 0.717) is 0 Å². The molecule has 2 nitrogen and oxygen atoms in total. The van der Waals surface area contributed by atoms with Crippen LogP contribution in [0.4, 0.5) is 0 Å². The van der Waals surface area contributed by atoms with Crippen LogP contribution in [0.5, 0.6) is 0 Å². The number of nitrogens with two attached hydrogens (primary N) is 1. The Morgan fingerprint density at radius 1 is 1.32 bits per heavy atom. The van der Waals surface area contributed by atoms with Crippen LogP contribution in [0.2, 0.25) is 4.34 Å². The molecule has 1 saturated carbocycles. The van der Waals surface area contributed by atoms with Gasteiger partial charge in [0.25, 0.3) is 0 Å². The van der Waals surface area contributed by atoms with Crippen LogP contribution in [0.3, 0.4) is 0 Å². The first-order valence-electron chi connectivity index (χ1n) is 7.30. The van der Waals surface area contributed by atoms with E-state index in [-0.39, 0.29) is 11.6 Å². The van der Waals surface area contributed by atoms with Crippen LogP contribution in [0.1, 0.15) is 50.3 Å². The molecular formula is C15H24ClNOS. The van der Waals surface area contributed by atoms with Gasteiger partial charge in [0.05, 0.1) is 9.94 Å². The molecule has 0 radical (unpaired) electrons. The molecule has 0 spiro atoms. The quantitative estimate of drug-likeness (QED) is 0.818. The first-order valence-corrected chi connectivity index (χ1v) is 8.49. The molecule has 1 heterocycles. The van der Waals surface area contributed by atoms with Gasteiger partial charge in [-0.05, 0) is 38.3 Å². The molecule has 1 aromatic heterocycles. The zero-order chi connectivity index (χ0) is 13.7. The number of hydrogen-bond donors (Lipinski definition) is 1. The van der Waals surface area contributed by atoms with E-state index in [1.807, 2.05) is 6.07 Å². The summed E-state index contributed by atoms with van der Waals surface area (Å²) in [4.78, 5) is 1.26. The molecule has 0 aromatic carbocycles. The molecule has 0 amide bonds. The fourth-order valence-corrected chi connectivity index (χ4v) is 4.25. The van der Waals surface area contributed by atoms with Gasteiger partial charge < -0.3 is 10.5 Å². The molecule has 2 N–H and O–H groups in total. The van der Waals surface area contributed by atoms with Gasteiger partial charge >= 0.3 is 0 Å². The highest BCUT2D eigenvalue weighted by molar-refractivity contribution is 7.16. The van der Waals surface area contributed by atoms with Crippen LogP contribution < -0.4 is 5.73 Å². The summed E-state index contributed by atoms with van der Waals surface area (Å²) in [6, 6.07) is 4.11. The van der Waals surface area contributed by atoms with Gasteiger partial charge in [0.2, 0.25) is 0 Å². The molecule has 4 heteroatoms. The van der Waals surface area contributed by atoms with Crippen LogP contribution in [-0.4, -0.2) is 18.2 Å². The Balaban J connectivity index is 2.08. The molecule has 0 saturated heterocycles. The van der Waals surface area contributed by atoms with Crippen molar-refractivity contribution >= 4 is 22.9 Å². The minimum Gasteiger partial charge on any atom is -0.374 e. The topological polar surface area (TPSA) is 35.2 Å². The van der Waals surface area contributed by atoms with E-state index >= 15 is 0 Å². The summed E-state index contributed by atoms with van der Waals surface area (Å²) >= 11 is 7.63. The summed E-state index contributed by atoms with van der Waals surface area (Å²) in [5.41, 5.74) is 6.40. The predicted octanol–water partition coefficient (Wildman–Crippen LogP) is 4.40. The van der Waals surface area contributed by atoms with E-state index in [1.165, 1.54) is 30.6 Å². The summed E-state index contributed by atoms with van der Waals surface area (Å²) in [6.07, 6.45) is 8.16. The van der Waals surface area contributed by atoms with Crippen LogP contribution in [0.25, 0.3) is 0 Å². The third-order valence-corrected chi connectivity index (χ3v) is 5.36. The molecular weight excluding hydrogens is 278 g/mol. The first-order chi connectivity index (χ1) is 9.16. The Morgan fingerprint density at radius 2 is 2.00 bits per heavy atom. The number of hydrogen-bond acceptors (Lipinski definition) is 3. The standard InChI is InChI=1S/C15H24ClNOS/c1-2-18-15(9-5-3-4-6-10-15)13(17)11-12-7-8-14(16)19-12/h7-8,13H,2-6,9-11,17H2,1H3. The lowest BCUT2D eigenvalue weighted by Crippen LogP contribution is -2.51. The van der Waals surface area contributed by atoms with E-state index in [4.69, 9.17) is 22.1 Å². The van der Waals surface area contributed by atoms with Gasteiger partial charge in [-0.3, -0.25) is 0 Å². The molecule has 1 aromatic rings. The molecule has 0 aliphatic heterocycles. The zero-order valence-electron chi connectivity index (χ0n) is 11.7. The zero-order valence-corrected chi connectivity index (χ0v) is 13.2. The Kier molecular flexibility index (Phi) is 5.70. The molecule has 108 valence electrons. The average Bonchev–Trinajstić information content (AvgIpc) is 2.65. The van der Waals surface area contributed by atoms with Gasteiger partial charge in [-0.15, -0.1) is 11.3 Å². The Hall–Kier alpha value is -0.0900. The van der Waals surface area contributed by atoms with Gasteiger partial charge in [-0.1, -0.05) is 37.3 Å². The highest BCUT2D eigenvalue weighted by atomic mass is 35.5. The monoisotopic (exact) mass is 301 g/mol. The molecule has 1 atom stereocenters. The highest BCUT2D eigenvalue weighted by Gasteiger charge is 2.37. The van der Waals surface area contributed by atoms with Crippen molar-refractivity contribution in [2.75, 3.05) is 6.61 Å². The van der Waals surface area contributed by atoms with Gasteiger partial charge in [-0.2, -0.15) is 0 Å². The number of thiophene rings is 1. The fourth-order valence-electron chi connectivity index (χ4n) is 3.10.